The van der Waals surface area contributed by atoms with Gasteiger partial charge in [-0.25, -0.2) is 0 Å². The van der Waals surface area contributed by atoms with Crippen molar-refractivity contribution in [1.82, 2.24) is 0 Å². The second kappa shape index (κ2) is 21.7. The van der Waals surface area contributed by atoms with Gasteiger partial charge in [0.1, 0.15) is 0 Å². The molecule has 0 unspecified atom stereocenters. The molecular formula is C28H56. The number of rotatable bonds is 22. The van der Waals surface area contributed by atoms with Crippen molar-refractivity contribution in [2.45, 2.75) is 174 Å². The van der Waals surface area contributed by atoms with Gasteiger partial charge in [0.05, 0.1) is 0 Å². The van der Waals surface area contributed by atoms with Crippen LogP contribution < -0.4 is 0 Å². The van der Waals surface area contributed by atoms with E-state index in [4.69, 9.17) is 0 Å². The van der Waals surface area contributed by atoms with Crippen LogP contribution >= 0.6 is 0 Å². The minimum absolute atomic E-state index is 1.11. The summed E-state index contributed by atoms with van der Waals surface area (Å²) in [5, 5.41) is 0. The van der Waals surface area contributed by atoms with Crippen LogP contribution in [-0.2, 0) is 0 Å². The van der Waals surface area contributed by atoms with E-state index in [0.717, 1.165) is 5.92 Å². The molecule has 0 aromatic rings. The van der Waals surface area contributed by atoms with Crippen LogP contribution in [0.25, 0.3) is 0 Å². The lowest BCUT2D eigenvalue weighted by Crippen LogP contribution is -1.92. The van der Waals surface area contributed by atoms with E-state index < -0.39 is 0 Å². The molecule has 0 aromatic carbocycles. The Morgan fingerprint density at radius 2 is 0.679 bits per heavy atom. The van der Waals surface area contributed by atoms with Crippen molar-refractivity contribution < 1.29 is 0 Å². The highest BCUT2D eigenvalue weighted by Gasteiger charge is 2.13. The Labute approximate surface area is 180 Å². The molecule has 0 nitrogen and oxygen atoms in total. The van der Waals surface area contributed by atoms with E-state index in [-0.39, 0.29) is 0 Å². The normalized spacial score (nSPS) is 14.9. The maximum absolute atomic E-state index is 2.31. The summed E-state index contributed by atoms with van der Waals surface area (Å²) >= 11 is 0. The van der Waals surface area contributed by atoms with E-state index in [0.29, 0.717) is 0 Å². The zero-order chi connectivity index (χ0) is 20.0. The first kappa shape index (κ1) is 26.0. The van der Waals surface area contributed by atoms with Gasteiger partial charge in [0, 0.05) is 0 Å². The van der Waals surface area contributed by atoms with Gasteiger partial charge in [-0.2, -0.15) is 0 Å². The lowest BCUT2D eigenvalue weighted by Gasteiger charge is -2.08. The van der Waals surface area contributed by atoms with Crippen molar-refractivity contribution >= 4 is 0 Å². The Morgan fingerprint density at radius 1 is 0.393 bits per heavy atom. The Balaban J connectivity index is 1.61. The molecule has 1 aliphatic rings. The van der Waals surface area contributed by atoms with Gasteiger partial charge < -0.3 is 0 Å². The molecule has 0 aliphatic heterocycles. The highest BCUT2D eigenvalue weighted by Crippen LogP contribution is 2.29. The van der Waals surface area contributed by atoms with E-state index in [1.165, 1.54) is 148 Å². The summed E-state index contributed by atoms with van der Waals surface area (Å²) in [6.07, 6.45) is 38.9. The maximum Gasteiger partial charge on any atom is -0.0414 e. The molecule has 28 heavy (non-hydrogen) atoms. The second-order valence-corrected chi connectivity index (χ2v) is 10.0. The topological polar surface area (TPSA) is 0 Å². The summed E-state index contributed by atoms with van der Waals surface area (Å²) in [6, 6.07) is 0. The van der Waals surface area contributed by atoms with Crippen LogP contribution in [0.1, 0.15) is 174 Å². The van der Waals surface area contributed by atoms with Crippen LogP contribution in [0.3, 0.4) is 0 Å². The van der Waals surface area contributed by atoms with Gasteiger partial charge in [0.25, 0.3) is 0 Å². The van der Waals surface area contributed by atoms with E-state index in [1.807, 2.05) is 0 Å². The fourth-order valence-corrected chi connectivity index (χ4v) is 5.16. The van der Waals surface area contributed by atoms with Gasteiger partial charge in [-0.3, -0.25) is 0 Å². The van der Waals surface area contributed by atoms with Crippen LogP contribution in [0.5, 0.6) is 0 Å². The first-order valence-corrected chi connectivity index (χ1v) is 13.9. The molecule has 0 bridgehead atoms. The third-order valence-corrected chi connectivity index (χ3v) is 7.19. The molecule has 1 rings (SSSR count). The minimum atomic E-state index is 1.11. The fourth-order valence-electron chi connectivity index (χ4n) is 5.16. The maximum atomic E-state index is 2.31. The summed E-state index contributed by atoms with van der Waals surface area (Å²) < 4.78 is 0. The SMILES string of the molecule is CCCCCCCCCCCCCCCCCCCCCCCC1CCCC1. The van der Waals surface area contributed by atoms with Crippen molar-refractivity contribution in [2.24, 2.45) is 5.92 Å². The van der Waals surface area contributed by atoms with Crippen LogP contribution in [0, 0.1) is 5.92 Å². The molecule has 1 saturated carbocycles. The molecule has 0 heteroatoms. The minimum Gasteiger partial charge on any atom is -0.0654 e. The quantitative estimate of drug-likeness (QED) is 0.161. The Hall–Kier alpha value is 0. The molecule has 0 amide bonds. The molecule has 0 spiro atoms. The summed E-state index contributed by atoms with van der Waals surface area (Å²) in [5.41, 5.74) is 0. The smallest absolute Gasteiger partial charge is 0.0414 e. The van der Waals surface area contributed by atoms with Gasteiger partial charge in [-0.15, -0.1) is 0 Å². The van der Waals surface area contributed by atoms with E-state index in [1.54, 1.807) is 19.3 Å². The third kappa shape index (κ3) is 18.1. The van der Waals surface area contributed by atoms with Crippen LogP contribution in [0.2, 0.25) is 0 Å². The van der Waals surface area contributed by atoms with E-state index in [2.05, 4.69) is 6.92 Å². The van der Waals surface area contributed by atoms with E-state index >= 15 is 0 Å². The zero-order valence-corrected chi connectivity index (χ0v) is 20.0. The summed E-state index contributed by atoms with van der Waals surface area (Å²) in [6.45, 7) is 2.31. The van der Waals surface area contributed by atoms with Gasteiger partial charge in [-0.05, 0) is 5.92 Å². The molecule has 0 atom stereocenters. The van der Waals surface area contributed by atoms with Crippen LogP contribution in [0.15, 0.2) is 0 Å². The van der Waals surface area contributed by atoms with Crippen molar-refractivity contribution in [1.29, 1.82) is 0 Å². The Kier molecular flexibility index (Phi) is 20.2. The third-order valence-electron chi connectivity index (χ3n) is 7.19. The lowest BCUT2D eigenvalue weighted by molar-refractivity contribution is 0.459. The molecule has 1 fully saturated rings. The van der Waals surface area contributed by atoms with Gasteiger partial charge in [0.2, 0.25) is 0 Å². The average molecular weight is 393 g/mol. The summed E-state index contributed by atoms with van der Waals surface area (Å²) in [5.74, 6) is 1.11. The number of hydrogen-bond donors (Lipinski definition) is 0. The zero-order valence-electron chi connectivity index (χ0n) is 20.0. The molecule has 0 heterocycles. The van der Waals surface area contributed by atoms with Crippen molar-refractivity contribution in [2.75, 3.05) is 0 Å². The Bertz CT molecular complexity index is 276. The standard InChI is InChI=1S/C28H56/c1-2-3-4-5-6-7-8-9-10-11-12-13-14-15-16-17-18-19-20-21-22-25-28-26-23-24-27-28/h28H,2-27H2,1H3. The summed E-state index contributed by atoms with van der Waals surface area (Å²) in [7, 11) is 0. The van der Waals surface area contributed by atoms with Crippen LogP contribution in [-0.4, -0.2) is 0 Å². The highest BCUT2D eigenvalue weighted by molar-refractivity contribution is 4.67. The average Bonchev–Trinajstić information content (AvgIpc) is 3.22. The molecule has 168 valence electrons. The fraction of sp³-hybridized carbons (Fsp3) is 1.00. The largest absolute Gasteiger partial charge is 0.0654 e. The van der Waals surface area contributed by atoms with Crippen molar-refractivity contribution in [3.8, 4) is 0 Å². The van der Waals surface area contributed by atoms with E-state index in [9.17, 15) is 0 Å². The molecule has 0 aromatic heterocycles. The highest BCUT2D eigenvalue weighted by atomic mass is 14.2. The van der Waals surface area contributed by atoms with Gasteiger partial charge >= 0.3 is 0 Å². The predicted molar refractivity (Wildman–Crippen MR) is 129 cm³/mol. The molecule has 0 saturated heterocycles. The summed E-state index contributed by atoms with van der Waals surface area (Å²) in [4.78, 5) is 0. The van der Waals surface area contributed by atoms with Crippen LogP contribution in [0.4, 0.5) is 0 Å². The Morgan fingerprint density at radius 3 is 1.00 bits per heavy atom. The van der Waals surface area contributed by atoms with Gasteiger partial charge in [-0.1, -0.05) is 174 Å². The second-order valence-electron chi connectivity index (χ2n) is 10.0. The first-order valence-electron chi connectivity index (χ1n) is 13.9. The first-order chi connectivity index (χ1) is 13.9. The monoisotopic (exact) mass is 392 g/mol. The lowest BCUT2D eigenvalue weighted by atomic mass is 9.98. The molecule has 0 N–H and O–H groups in total. The van der Waals surface area contributed by atoms with Crippen molar-refractivity contribution in [3.63, 3.8) is 0 Å². The molecule has 1 aliphatic carbocycles. The molecular weight excluding hydrogens is 336 g/mol. The molecule has 0 radical (unpaired) electrons. The van der Waals surface area contributed by atoms with Crippen molar-refractivity contribution in [3.05, 3.63) is 0 Å². The number of hydrogen-bond acceptors (Lipinski definition) is 0. The number of unbranched alkanes of at least 4 members (excludes halogenated alkanes) is 20. The predicted octanol–water partition coefficient (Wildman–Crippen LogP) is 10.8. The van der Waals surface area contributed by atoms with Gasteiger partial charge in [0.15, 0.2) is 0 Å².